The molecule has 0 saturated carbocycles. The largest absolute Gasteiger partial charge is 0.269 e. The Morgan fingerprint density at radius 3 is 1.36 bits per heavy atom. The topological polar surface area (TPSA) is 193 Å². The highest BCUT2D eigenvalue weighted by molar-refractivity contribution is 7.19. The van der Waals surface area contributed by atoms with E-state index in [-0.39, 0.29) is 23.5 Å². The predicted molar refractivity (Wildman–Crippen MR) is 191 cm³/mol. The SMILES string of the molecule is Cc1nc(N2N=CCC2c2ccc(C3CC=NN3c3nc(C)c(N=Nc4ccc([N+](=O)[O-])cc4)s3)cc2)sc1N=Nc1ccc([N+](=O)[O-])cc1. The van der Waals surface area contributed by atoms with E-state index in [9.17, 15) is 20.2 Å². The molecule has 0 spiro atoms. The average molecular weight is 707 g/mol. The number of nitrogens with zero attached hydrogens (tertiary/aromatic N) is 12. The summed E-state index contributed by atoms with van der Waals surface area (Å²) in [6.45, 7) is 3.72. The second-order valence-electron chi connectivity index (χ2n) is 11.2. The Labute approximate surface area is 292 Å². The first kappa shape index (κ1) is 32.4. The Kier molecular flexibility index (Phi) is 8.92. The summed E-state index contributed by atoms with van der Waals surface area (Å²) in [4.78, 5) is 30.4. The van der Waals surface area contributed by atoms with Gasteiger partial charge in [-0.1, -0.05) is 46.9 Å². The summed E-state index contributed by atoms with van der Waals surface area (Å²) in [5.41, 5.74) is 4.57. The van der Waals surface area contributed by atoms with Gasteiger partial charge >= 0.3 is 0 Å². The summed E-state index contributed by atoms with van der Waals surface area (Å²) in [6.07, 6.45) is 5.18. The van der Waals surface area contributed by atoms with Gasteiger partial charge in [0.1, 0.15) is 0 Å². The van der Waals surface area contributed by atoms with E-state index in [1.165, 1.54) is 46.9 Å². The fourth-order valence-electron chi connectivity index (χ4n) is 5.31. The van der Waals surface area contributed by atoms with E-state index in [1.54, 1.807) is 24.3 Å². The number of thiazole rings is 2. The molecule has 2 aliphatic heterocycles. The van der Waals surface area contributed by atoms with E-state index >= 15 is 0 Å². The van der Waals surface area contributed by atoms with Crippen LogP contribution in [0.25, 0.3) is 0 Å². The van der Waals surface area contributed by atoms with Crippen LogP contribution < -0.4 is 10.0 Å². The van der Waals surface area contributed by atoms with Crippen molar-refractivity contribution in [2.75, 3.05) is 10.0 Å². The fraction of sp³-hybridized carbons (Fsp3) is 0.188. The molecule has 2 atom stereocenters. The Morgan fingerprint density at radius 2 is 1.00 bits per heavy atom. The van der Waals surface area contributed by atoms with Crippen molar-refractivity contribution in [2.45, 2.75) is 38.8 Å². The van der Waals surface area contributed by atoms with Crippen LogP contribution in [0.5, 0.6) is 0 Å². The zero-order chi connectivity index (χ0) is 34.8. The Hall–Kier alpha value is -6.14. The number of hydrogen-bond acceptors (Lipinski definition) is 16. The number of aromatic nitrogens is 2. The van der Waals surface area contributed by atoms with Crippen LogP contribution in [0, 0.1) is 34.1 Å². The minimum atomic E-state index is -0.456. The van der Waals surface area contributed by atoms with Crippen molar-refractivity contribution in [1.29, 1.82) is 0 Å². The molecule has 16 nitrogen and oxygen atoms in total. The van der Waals surface area contributed by atoms with Gasteiger partial charge in [0.05, 0.1) is 44.7 Å². The molecule has 2 aliphatic rings. The van der Waals surface area contributed by atoms with Crippen molar-refractivity contribution in [3.05, 3.63) is 116 Å². The highest BCUT2D eigenvalue weighted by Gasteiger charge is 2.30. The van der Waals surface area contributed by atoms with Gasteiger partial charge in [0.25, 0.3) is 11.4 Å². The number of azo groups is 2. The molecular weight excluding hydrogens is 681 g/mol. The molecule has 5 aromatic rings. The van der Waals surface area contributed by atoms with E-state index in [1.807, 2.05) is 36.3 Å². The molecule has 0 fully saturated rings. The molecule has 0 N–H and O–H groups in total. The lowest BCUT2D eigenvalue weighted by Gasteiger charge is -2.24. The van der Waals surface area contributed by atoms with Gasteiger partial charge in [-0.05, 0) is 49.2 Å². The lowest BCUT2D eigenvalue weighted by molar-refractivity contribution is -0.385. The second kappa shape index (κ2) is 13.8. The first-order valence-corrected chi connectivity index (χ1v) is 16.9. The molecule has 50 heavy (non-hydrogen) atoms. The summed E-state index contributed by atoms with van der Waals surface area (Å²) in [7, 11) is 0. The fourth-order valence-corrected chi connectivity index (χ4v) is 7.11. The highest BCUT2D eigenvalue weighted by atomic mass is 32.1. The maximum absolute atomic E-state index is 10.9. The first-order chi connectivity index (χ1) is 24.2. The standard InChI is InChI=1S/C32H26N12O4S2/c1-19-29(39-37-23-7-11-25(12-8-23)43(45)46)49-31(35-19)41-27(15-17-33-41)21-3-5-22(6-4-21)28-16-18-34-42(28)32-36-20(2)30(50-32)40-38-24-9-13-26(14-10-24)44(47)48/h3-14,17-18,27-28H,15-16H2,1-2H3. The van der Waals surface area contributed by atoms with E-state index < -0.39 is 9.85 Å². The van der Waals surface area contributed by atoms with Crippen molar-refractivity contribution >= 4 is 78.1 Å². The van der Waals surface area contributed by atoms with Crippen LogP contribution >= 0.6 is 22.7 Å². The lowest BCUT2D eigenvalue weighted by Crippen LogP contribution is -2.20. The monoisotopic (exact) mass is 706 g/mol. The molecule has 0 saturated heterocycles. The quantitative estimate of drug-likeness (QED) is 0.0777. The van der Waals surface area contributed by atoms with Crippen LogP contribution in [-0.2, 0) is 0 Å². The van der Waals surface area contributed by atoms with Crippen LogP contribution in [0.3, 0.4) is 0 Å². The number of anilines is 2. The van der Waals surface area contributed by atoms with Crippen molar-refractivity contribution < 1.29 is 9.85 Å². The maximum Gasteiger partial charge on any atom is 0.269 e. The molecule has 18 heteroatoms. The van der Waals surface area contributed by atoms with E-state index in [0.717, 1.165) is 11.1 Å². The molecular formula is C32H26N12O4S2. The number of benzene rings is 3. The number of aryl methyl sites for hydroxylation is 2. The summed E-state index contributed by atoms with van der Waals surface area (Å²) < 4.78 is 0. The van der Waals surface area contributed by atoms with Gasteiger partial charge in [0.2, 0.25) is 10.3 Å². The van der Waals surface area contributed by atoms with Gasteiger partial charge in [-0.2, -0.15) is 10.2 Å². The van der Waals surface area contributed by atoms with Crippen LogP contribution in [0.2, 0.25) is 0 Å². The molecule has 2 aromatic heterocycles. The zero-order valence-corrected chi connectivity index (χ0v) is 28.1. The smallest absolute Gasteiger partial charge is 0.258 e. The van der Waals surface area contributed by atoms with Crippen molar-refractivity contribution in [2.24, 2.45) is 30.7 Å². The van der Waals surface area contributed by atoms with Crippen LogP contribution in [0.4, 0.5) is 43.0 Å². The first-order valence-electron chi connectivity index (χ1n) is 15.2. The van der Waals surface area contributed by atoms with E-state index in [2.05, 4.69) is 54.9 Å². The third kappa shape index (κ3) is 6.74. The van der Waals surface area contributed by atoms with Gasteiger partial charge in [-0.25, -0.2) is 20.0 Å². The maximum atomic E-state index is 10.9. The van der Waals surface area contributed by atoms with Crippen molar-refractivity contribution in [1.82, 2.24) is 9.97 Å². The molecule has 0 amide bonds. The number of hydrazone groups is 2. The van der Waals surface area contributed by atoms with E-state index in [0.29, 0.717) is 55.9 Å². The van der Waals surface area contributed by atoms with Crippen LogP contribution in [0.15, 0.2) is 103 Å². The van der Waals surface area contributed by atoms with Gasteiger partial charge < -0.3 is 0 Å². The number of hydrogen-bond donors (Lipinski definition) is 0. The van der Waals surface area contributed by atoms with E-state index in [4.69, 9.17) is 9.97 Å². The normalized spacial score (nSPS) is 17.2. The minimum Gasteiger partial charge on any atom is -0.258 e. The number of nitro groups is 2. The molecule has 250 valence electrons. The third-order valence-corrected chi connectivity index (χ3v) is 9.98. The molecule has 2 unspecified atom stereocenters. The van der Waals surface area contributed by atoms with Crippen molar-refractivity contribution in [3.8, 4) is 0 Å². The lowest BCUT2D eigenvalue weighted by atomic mass is 9.99. The van der Waals surface area contributed by atoms with Crippen molar-refractivity contribution in [3.63, 3.8) is 0 Å². The predicted octanol–water partition coefficient (Wildman–Crippen LogP) is 9.74. The molecule has 0 aliphatic carbocycles. The Morgan fingerprint density at radius 1 is 0.620 bits per heavy atom. The minimum absolute atomic E-state index is 0.00764. The molecule has 7 rings (SSSR count). The Balaban J connectivity index is 1.03. The summed E-state index contributed by atoms with van der Waals surface area (Å²) >= 11 is 2.75. The van der Waals surface area contributed by atoms with Gasteiger partial charge in [-0.15, -0.1) is 20.5 Å². The zero-order valence-electron chi connectivity index (χ0n) is 26.5. The highest BCUT2D eigenvalue weighted by Crippen LogP contribution is 2.43. The number of nitro benzene ring substituents is 2. The van der Waals surface area contributed by atoms with Gasteiger partial charge in [0, 0.05) is 49.5 Å². The third-order valence-electron chi connectivity index (χ3n) is 7.91. The number of rotatable bonds is 10. The van der Waals surface area contributed by atoms with Gasteiger partial charge in [0.15, 0.2) is 10.0 Å². The summed E-state index contributed by atoms with van der Waals surface area (Å²) in [6, 6.07) is 20.1. The summed E-state index contributed by atoms with van der Waals surface area (Å²) in [5, 5.41) is 54.7. The Bertz CT molecular complexity index is 2020. The molecule has 4 heterocycles. The summed E-state index contributed by atoms with van der Waals surface area (Å²) in [5.74, 6) is 0. The van der Waals surface area contributed by atoms with Crippen LogP contribution in [-0.4, -0.2) is 32.2 Å². The molecule has 0 radical (unpaired) electrons. The van der Waals surface area contributed by atoms with Crippen LogP contribution in [0.1, 0.15) is 47.4 Å². The number of non-ortho nitro benzene ring substituents is 2. The molecule has 3 aromatic carbocycles. The average Bonchev–Trinajstić information content (AvgIpc) is 3.94. The second-order valence-corrected chi connectivity index (χ2v) is 13.1. The molecule has 0 bridgehead atoms. The van der Waals surface area contributed by atoms with Gasteiger partial charge in [-0.3, -0.25) is 20.2 Å².